The van der Waals surface area contributed by atoms with Crippen LogP contribution in [-0.2, 0) is 9.47 Å². The molecule has 2 aromatic rings. The van der Waals surface area contributed by atoms with E-state index in [9.17, 15) is 0 Å². The van der Waals surface area contributed by atoms with E-state index in [1.165, 1.54) is 0 Å². The van der Waals surface area contributed by atoms with E-state index in [0.717, 1.165) is 68.8 Å². The van der Waals surface area contributed by atoms with Crippen LogP contribution in [0.25, 0.3) is 10.9 Å². The molecule has 3 heterocycles. The highest BCUT2D eigenvalue weighted by molar-refractivity contribution is 5.84. The summed E-state index contributed by atoms with van der Waals surface area (Å²) in [6, 6.07) is 6.37. The molecule has 0 amide bonds. The highest BCUT2D eigenvalue weighted by Crippen LogP contribution is 2.27. The third-order valence-corrected chi connectivity index (χ3v) is 4.59. The van der Waals surface area contributed by atoms with Crippen molar-refractivity contribution in [3.05, 3.63) is 24.4 Å². The molecule has 0 unspecified atom stereocenters. The summed E-state index contributed by atoms with van der Waals surface area (Å²) in [4.78, 5) is 9.17. The first-order valence-electron chi connectivity index (χ1n) is 8.73. The zero-order chi connectivity index (χ0) is 16.2. The monoisotopic (exact) mass is 329 g/mol. The van der Waals surface area contributed by atoms with Gasteiger partial charge in [-0.15, -0.1) is 0 Å². The number of nitrogens with zero attached hydrogens (tertiary/aromatic N) is 2. The predicted molar refractivity (Wildman–Crippen MR) is 91.5 cm³/mol. The summed E-state index contributed by atoms with van der Waals surface area (Å²) < 4.78 is 17.0. The Morgan fingerprint density at radius 2 is 1.75 bits per heavy atom. The molecule has 0 saturated carbocycles. The molecular formula is C18H23N3O3. The first kappa shape index (κ1) is 15.6. The minimum Gasteiger partial charge on any atom is -0.488 e. The number of aromatic nitrogens is 2. The van der Waals surface area contributed by atoms with Gasteiger partial charge >= 0.3 is 0 Å². The standard InChI is InChI=1S/C18H23N3O3/c1-2-13-12-19-18(20-14-4-8-22-9-5-14)21-17(13)16(3-1)24-15-6-10-23-11-7-15/h1-3,12,14-15H,4-11H2,(H,19,20,21). The van der Waals surface area contributed by atoms with Crippen molar-refractivity contribution in [2.45, 2.75) is 37.8 Å². The third kappa shape index (κ3) is 3.60. The number of hydrogen-bond acceptors (Lipinski definition) is 6. The van der Waals surface area contributed by atoms with Gasteiger partial charge in [-0.1, -0.05) is 12.1 Å². The van der Waals surface area contributed by atoms with Gasteiger partial charge in [0.2, 0.25) is 5.95 Å². The summed E-state index contributed by atoms with van der Waals surface area (Å²) in [5.41, 5.74) is 0.869. The van der Waals surface area contributed by atoms with Crippen LogP contribution in [0.1, 0.15) is 25.7 Å². The Balaban J connectivity index is 1.55. The van der Waals surface area contributed by atoms with Crippen LogP contribution in [0.5, 0.6) is 5.75 Å². The predicted octanol–water partition coefficient (Wildman–Crippen LogP) is 2.78. The molecule has 6 heteroatoms. The lowest BCUT2D eigenvalue weighted by Crippen LogP contribution is -2.28. The lowest BCUT2D eigenvalue weighted by Gasteiger charge is -2.24. The molecule has 0 radical (unpaired) electrons. The number of rotatable bonds is 4. The van der Waals surface area contributed by atoms with Crippen LogP contribution in [0.2, 0.25) is 0 Å². The Kier molecular flexibility index (Phi) is 4.76. The van der Waals surface area contributed by atoms with Gasteiger partial charge in [0, 0.05) is 43.7 Å². The number of anilines is 1. The van der Waals surface area contributed by atoms with E-state index in [1.807, 2.05) is 24.4 Å². The molecule has 6 nitrogen and oxygen atoms in total. The number of hydrogen-bond donors (Lipinski definition) is 1. The summed E-state index contributed by atoms with van der Waals surface area (Å²) in [5.74, 6) is 1.49. The van der Waals surface area contributed by atoms with E-state index in [-0.39, 0.29) is 6.10 Å². The smallest absolute Gasteiger partial charge is 0.223 e. The van der Waals surface area contributed by atoms with E-state index < -0.39 is 0 Å². The van der Waals surface area contributed by atoms with Gasteiger partial charge in [0.25, 0.3) is 0 Å². The molecule has 0 spiro atoms. The average molecular weight is 329 g/mol. The van der Waals surface area contributed by atoms with E-state index in [1.54, 1.807) is 0 Å². The van der Waals surface area contributed by atoms with Gasteiger partial charge in [-0.2, -0.15) is 0 Å². The molecule has 2 aliphatic rings. The first-order chi connectivity index (χ1) is 11.9. The molecule has 2 fully saturated rings. The van der Waals surface area contributed by atoms with Gasteiger partial charge in [-0.3, -0.25) is 0 Å². The SMILES string of the molecule is c1cc(OC2CCOCC2)c2nc(NC3CCOCC3)ncc2c1. The molecule has 24 heavy (non-hydrogen) atoms. The quantitative estimate of drug-likeness (QED) is 0.930. The number of nitrogens with one attached hydrogen (secondary N) is 1. The Bertz CT molecular complexity index is 682. The summed E-state index contributed by atoms with van der Waals surface area (Å²) in [6.07, 6.45) is 5.89. The normalized spacial score (nSPS) is 20.2. The molecule has 1 aromatic heterocycles. The van der Waals surface area contributed by atoms with E-state index in [0.29, 0.717) is 12.0 Å². The van der Waals surface area contributed by atoms with Crippen LogP contribution in [0.4, 0.5) is 5.95 Å². The van der Waals surface area contributed by atoms with Crippen LogP contribution in [0.3, 0.4) is 0 Å². The van der Waals surface area contributed by atoms with Crippen molar-refractivity contribution in [3.63, 3.8) is 0 Å². The summed E-state index contributed by atoms with van der Waals surface area (Å²) in [5, 5.41) is 4.42. The Morgan fingerprint density at radius 1 is 1.00 bits per heavy atom. The number of fused-ring (bicyclic) bond motifs is 1. The van der Waals surface area contributed by atoms with Crippen molar-refractivity contribution in [1.82, 2.24) is 9.97 Å². The van der Waals surface area contributed by atoms with Gasteiger partial charge in [-0.05, 0) is 18.9 Å². The Labute approximate surface area is 141 Å². The fraction of sp³-hybridized carbons (Fsp3) is 0.556. The lowest BCUT2D eigenvalue weighted by molar-refractivity contribution is 0.0261. The molecule has 0 bridgehead atoms. The van der Waals surface area contributed by atoms with Gasteiger partial charge in [-0.25, -0.2) is 9.97 Å². The van der Waals surface area contributed by atoms with Crippen molar-refractivity contribution in [3.8, 4) is 5.75 Å². The number of benzene rings is 1. The second kappa shape index (κ2) is 7.32. The van der Waals surface area contributed by atoms with Crippen molar-refractivity contribution in [2.24, 2.45) is 0 Å². The zero-order valence-corrected chi connectivity index (χ0v) is 13.7. The third-order valence-electron chi connectivity index (χ3n) is 4.59. The zero-order valence-electron chi connectivity index (χ0n) is 13.7. The highest BCUT2D eigenvalue weighted by atomic mass is 16.5. The van der Waals surface area contributed by atoms with E-state index in [2.05, 4.69) is 10.3 Å². The summed E-state index contributed by atoms with van der Waals surface area (Å²) in [6.45, 7) is 3.12. The topological polar surface area (TPSA) is 65.5 Å². The van der Waals surface area contributed by atoms with Gasteiger partial charge in [0.15, 0.2) is 0 Å². The van der Waals surface area contributed by atoms with Crippen LogP contribution in [0, 0.1) is 0 Å². The summed E-state index contributed by atoms with van der Waals surface area (Å²) >= 11 is 0. The maximum atomic E-state index is 6.20. The number of ether oxygens (including phenoxy) is 3. The number of para-hydroxylation sites is 1. The van der Waals surface area contributed by atoms with Crippen molar-refractivity contribution < 1.29 is 14.2 Å². The van der Waals surface area contributed by atoms with Gasteiger partial charge < -0.3 is 19.5 Å². The minimum atomic E-state index is 0.200. The summed E-state index contributed by atoms with van der Waals surface area (Å²) in [7, 11) is 0. The maximum Gasteiger partial charge on any atom is 0.223 e. The highest BCUT2D eigenvalue weighted by Gasteiger charge is 2.18. The molecule has 128 valence electrons. The molecule has 4 rings (SSSR count). The largest absolute Gasteiger partial charge is 0.488 e. The molecule has 0 atom stereocenters. The Morgan fingerprint density at radius 3 is 2.54 bits per heavy atom. The molecule has 0 aliphatic carbocycles. The molecule has 1 aromatic carbocycles. The van der Waals surface area contributed by atoms with Crippen molar-refractivity contribution >= 4 is 16.9 Å². The van der Waals surface area contributed by atoms with Crippen LogP contribution < -0.4 is 10.1 Å². The second-order valence-electron chi connectivity index (χ2n) is 6.35. The molecule has 2 saturated heterocycles. The lowest BCUT2D eigenvalue weighted by atomic mass is 10.1. The fourth-order valence-corrected chi connectivity index (χ4v) is 3.19. The second-order valence-corrected chi connectivity index (χ2v) is 6.35. The van der Waals surface area contributed by atoms with Crippen LogP contribution in [0.15, 0.2) is 24.4 Å². The van der Waals surface area contributed by atoms with Crippen molar-refractivity contribution in [1.29, 1.82) is 0 Å². The average Bonchev–Trinajstić information content (AvgIpc) is 2.64. The molecule has 1 N–H and O–H groups in total. The minimum absolute atomic E-state index is 0.200. The van der Waals surface area contributed by atoms with Crippen LogP contribution >= 0.6 is 0 Å². The van der Waals surface area contributed by atoms with Crippen LogP contribution in [-0.4, -0.2) is 48.5 Å². The van der Waals surface area contributed by atoms with Gasteiger partial charge in [0.05, 0.1) is 13.2 Å². The van der Waals surface area contributed by atoms with E-state index >= 15 is 0 Å². The first-order valence-corrected chi connectivity index (χ1v) is 8.73. The fourth-order valence-electron chi connectivity index (χ4n) is 3.19. The van der Waals surface area contributed by atoms with E-state index in [4.69, 9.17) is 19.2 Å². The molecular weight excluding hydrogens is 306 g/mol. The Hall–Kier alpha value is -1.92. The van der Waals surface area contributed by atoms with Crippen molar-refractivity contribution in [2.75, 3.05) is 31.7 Å². The maximum absolute atomic E-state index is 6.20. The van der Waals surface area contributed by atoms with Gasteiger partial charge in [0.1, 0.15) is 17.4 Å². The molecule has 2 aliphatic heterocycles.